The number of aliphatic hydroxyl groups is 1. The van der Waals surface area contributed by atoms with E-state index >= 15 is 0 Å². The van der Waals surface area contributed by atoms with E-state index in [0.717, 1.165) is 44.7 Å². The highest BCUT2D eigenvalue weighted by atomic mass is 32.2. The maximum absolute atomic E-state index is 12.2. The van der Waals surface area contributed by atoms with Gasteiger partial charge in [0.05, 0.1) is 4.75 Å². The van der Waals surface area contributed by atoms with Crippen molar-refractivity contribution in [2.45, 2.75) is 63.7 Å². The lowest BCUT2D eigenvalue weighted by Gasteiger charge is -2.33. The van der Waals surface area contributed by atoms with Gasteiger partial charge in [0.2, 0.25) is 5.91 Å². The fraction of sp³-hybridized carbons (Fsp3) is 0.457. The molecule has 1 amide bonds. The standard InChI is InChI=1S/C35H42N2O3S/c1-3-35-23-29(38)12-15-32(35)31(22-26-8-9-28(25(2)21-26)24-37-18-6-7-33(37)39)34(41-35)27-10-13-30(14-11-27)40-20-19-36-16-4-5-17-36/h8-15,21,23,32,38H,3-7,16-20,22,24H2,1-2H3. The molecular formula is C35H42N2O3S. The summed E-state index contributed by atoms with van der Waals surface area (Å²) in [6, 6.07) is 15.4. The molecule has 2 fully saturated rings. The molecule has 6 heteroatoms. The highest BCUT2D eigenvalue weighted by molar-refractivity contribution is 8.10. The van der Waals surface area contributed by atoms with Gasteiger partial charge in [0, 0.05) is 36.9 Å². The van der Waals surface area contributed by atoms with Crippen LogP contribution >= 0.6 is 11.8 Å². The summed E-state index contributed by atoms with van der Waals surface area (Å²) in [4.78, 5) is 17.9. The second-order valence-electron chi connectivity index (χ2n) is 11.9. The molecule has 0 spiro atoms. The van der Waals surface area contributed by atoms with E-state index in [9.17, 15) is 9.90 Å². The van der Waals surface area contributed by atoms with Crippen molar-refractivity contribution in [3.8, 4) is 5.75 Å². The van der Waals surface area contributed by atoms with Gasteiger partial charge in [-0.3, -0.25) is 9.69 Å². The Kier molecular flexibility index (Phi) is 8.32. The molecule has 216 valence electrons. The number of ether oxygens (including phenoxy) is 1. The first kappa shape index (κ1) is 28.2. The van der Waals surface area contributed by atoms with Crippen LogP contribution in [0.5, 0.6) is 5.75 Å². The molecule has 1 N–H and O–H groups in total. The molecule has 3 aliphatic heterocycles. The minimum Gasteiger partial charge on any atom is -0.508 e. The first-order valence-corrected chi connectivity index (χ1v) is 16.1. The minimum absolute atomic E-state index is 0.181. The van der Waals surface area contributed by atoms with Gasteiger partial charge in [0.25, 0.3) is 0 Å². The molecule has 0 saturated carbocycles. The van der Waals surface area contributed by atoms with Crippen LogP contribution in [0.25, 0.3) is 4.91 Å². The summed E-state index contributed by atoms with van der Waals surface area (Å²) in [7, 11) is 0. The number of thioether (sulfide) groups is 1. The Balaban J connectivity index is 1.24. The number of nitrogens with zero attached hydrogens (tertiary/aromatic N) is 2. The molecule has 3 heterocycles. The number of carbonyl (C=O) groups is 1. The Labute approximate surface area is 249 Å². The average molecular weight is 571 g/mol. The number of aliphatic hydroxyl groups excluding tert-OH is 1. The molecule has 6 rings (SSSR count). The van der Waals surface area contributed by atoms with Crippen molar-refractivity contribution >= 4 is 22.6 Å². The lowest BCUT2D eigenvalue weighted by atomic mass is 9.77. The molecule has 2 aromatic rings. The van der Waals surface area contributed by atoms with Crippen LogP contribution < -0.4 is 4.74 Å². The van der Waals surface area contributed by atoms with Crippen LogP contribution in [-0.4, -0.2) is 58.3 Å². The molecule has 0 bridgehead atoms. The van der Waals surface area contributed by atoms with E-state index in [0.29, 0.717) is 18.7 Å². The number of hydrogen-bond donors (Lipinski definition) is 1. The number of carbonyl (C=O) groups excluding carboxylic acids is 1. The maximum Gasteiger partial charge on any atom is 0.222 e. The Bertz CT molecular complexity index is 1370. The molecule has 2 saturated heterocycles. The molecule has 0 radical (unpaired) electrons. The predicted octanol–water partition coefficient (Wildman–Crippen LogP) is 7.07. The van der Waals surface area contributed by atoms with E-state index in [4.69, 9.17) is 4.74 Å². The van der Waals surface area contributed by atoms with E-state index in [-0.39, 0.29) is 16.6 Å². The fourth-order valence-electron chi connectivity index (χ4n) is 6.82. The van der Waals surface area contributed by atoms with Gasteiger partial charge >= 0.3 is 0 Å². The molecule has 2 unspecified atom stereocenters. The highest BCUT2D eigenvalue weighted by Crippen LogP contribution is 2.59. The summed E-state index contributed by atoms with van der Waals surface area (Å²) >= 11 is 1.90. The number of hydrogen-bond acceptors (Lipinski definition) is 5. The Hall–Kier alpha value is -2.96. The van der Waals surface area contributed by atoms with Crippen molar-refractivity contribution in [3.05, 3.63) is 94.3 Å². The van der Waals surface area contributed by atoms with Crippen LogP contribution in [0.4, 0.5) is 0 Å². The molecule has 0 aromatic heterocycles. The first-order valence-electron chi connectivity index (χ1n) is 15.3. The second-order valence-corrected chi connectivity index (χ2v) is 13.3. The number of benzene rings is 2. The molecule has 41 heavy (non-hydrogen) atoms. The Morgan fingerprint density at radius 3 is 2.59 bits per heavy atom. The van der Waals surface area contributed by atoms with Gasteiger partial charge in [0.15, 0.2) is 0 Å². The largest absolute Gasteiger partial charge is 0.508 e. The van der Waals surface area contributed by atoms with Gasteiger partial charge in [-0.2, -0.15) is 0 Å². The second kappa shape index (κ2) is 12.1. The third-order valence-electron chi connectivity index (χ3n) is 9.22. The van der Waals surface area contributed by atoms with E-state index in [1.807, 2.05) is 22.7 Å². The summed E-state index contributed by atoms with van der Waals surface area (Å²) < 4.78 is 5.91. The molecule has 5 nitrogen and oxygen atoms in total. The van der Waals surface area contributed by atoms with Crippen LogP contribution in [0, 0.1) is 12.8 Å². The summed E-state index contributed by atoms with van der Waals surface area (Å²) in [5.74, 6) is 1.77. The summed E-state index contributed by atoms with van der Waals surface area (Å²) in [6.45, 7) is 10.0. The van der Waals surface area contributed by atoms with Crippen LogP contribution in [0.1, 0.15) is 61.3 Å². The van der Waals surface area contributed by atoms with Gasteiger partial charge in [-0.05, 0) is 104 Å². The van der Waals surface area contributed by atoms with Gasteiger partial charge in [-0.1, -0.05) is 43.3 Å². The number of fused-ring (bicyclic) bond motifs is 1. The zero-order chi connectivity index (χ0) is 28.4. The summed E-state index contributed by atoms with van der Waals surface area (Å²) in [6.07, 6.45) is 12.2. The van der Waals surface area contributed by atoms with E-state index in [2.05, 4.69) is 73.4 Å². The topological polar surface area (TPSA) is 53.0 Å². The van der Waals surface area contributed by atoms with Crippen LogP contribution in [0.2, 0.25) is 0 Å². The molecule has 4 aliphatic rings. The van der Waals surface area contributed by atoms with E-state index in [1.54, 1.807) is 0 Å². The molecule has 1 aliphatic carbocycles. The van der Waals surface area contributed by atoms with Crippen molar-refractivity contribution < 1.29 is 14.6 Å². The molecular weight excluding hydrogens is 528 g/mol. The van der Waals surface area contributed by atoms with Crippen LogP contribution in [0.15, 0.2) is 72.0 Å². The minimum atomic E-state index is -0.181. The predicted molar refractivity (Wildman–Crippen MR) is 168 cm³/mol. The Morgan fingerprint density at radius 1 is 1.07 bits per heavy atom. The smallest absolute Gasteiger partial charge is 0.222 e. The van der Waals surface area contributed by atoms with Crippen LogP contribution in [-0.2, 0) is 17.8 Å². The van der Waals surface area contributed by atoms with Crippen LogP contribution in [0.3, 0.4) is 0 Å². The van der Waals surface area contributed by atoms with Gasteiger partial charge in [-0.15, -0.1) is 11.8 Å². The third kappa shape index (κ3) is 6.00. The van der Waals surface area contributed by atoms with E-state index < -0.39 is 0 Å². The van der Waals surface area contributed by atoms with Crippen molar-refractivity contribution in [2.24, 2.45) is 5.92 Å². The zero-order valence-electron chi connectivity index (χ0n) is 24.4. The SMILES string of the molecule is CCC12C=C(O)C=CC1C(Cc1ccc(CN3CCCC3=O)c(C)c1)=C(c1ccc(OCCN3CCCC3)cc1)S2. The monoisotopic (exact) mass is 570 g/mol. The van der Waals surface area contributed by atoms with Crippen molar-refractivity contribution in [2.75, 3.05) is 32.8 Å². The lowest BCUT2D eigenvalue weighted by Crippen LogP contribution is -2.30. The molecule has 2 aromatic carbocycles. The fourth-order valence-corrected chi connectivity index (χ4v) is 8.45. The first-order chi connectivity index (χ1) is 19.9. The van der Waals surface area contributed by atoms with Gasteiger partial charge < -0.3 is 14.7 Å². The highest BCUT2D eigenvalue weighted by Gasteiger charge is 2.46. The quantitative estimate of drug-likeness (QED) is 0.331. The third-order valence-corrected chi connectivity index (χ3v) is 11.0. The maximum atomic E-state index is 12.2. The lowest BCUT2D eigenvalue weighted by molar-refractivity contribution is -0.128. The van der Waals surface area contributed by atoms with Gasteiger partial charge in [0.1, 0.15) is 18.1 Å². The van der Waals surface area contributed by atoms with Crippen molar-refractivity contribution in [1.82, 2.24) is 9.80 Å². The number of rotatable bonds is 10. The summed E-state index contributed by atoms with van der Waals surface area (Å²) in [5, 5.41) is 10.5. The Morgan fingerprint density at radius 2 is 1.88 bits per heavy atom. The number of likely N-dealkylation sites (tertiary alicyclic amines) is 2. The number of aryl methyl sites for hydroxylation is 1. The zero-order valence-corrected chi connectivity index (χ0v) is 25.2. The molecule has 2 atom stereocenters. The van der Waals surface area contributed by atoms with Gasteiger partial charge in [-0.25, -0.2) is 0 Å². The normalized spacial score (nSPS) is 24.3. The average Bonchev–Trinajstić information content (AvgIpc) is 3.71. The number of allylic oxidation sites excluding steroid dienone is 3. The van der Waals surface area contributed by atoms with E-state index in [1.165, 1.54) is 58.7 Å². The van der Waals surface area contributed by atoms with Crippen molar-refractivity contribution in [1.29, 1.82) is 0 Å². The number of amides is 1. The van der Waals surface area contributed by atoms with Crippen molar-refractivity contribution in [3.63, 3.8) is 0 Å². The summed E-state index contributed by atoms with van der Waals surface area (Å²) in [5.41, 5.74) is 6.37.